The molecule has 2 amide bonds. The zero-order chi connectivity index (χ0) is 36.6. The summed E-state index contributed by atoms with van der Waals surface area (Å²) < 4.78 is 0. The first-order valence-corrected chi connectivity index (χ1v) is 23.1. The fraction of sp³-hybridized carbons (Fsp3) is 0.957. The van der Waals surface area contributed by atoms with Gasteiger partial charge in [0.25, 0.3) is 0 Å². The van der Waals surface area contributed by atoms with E-state index in [1.54, 1.807) is 0 Å². The molecule has 0 bridgehead atoms. The molecule has 0 aliphatic heterocycles. The minimum Gasteiger partial charge on any atom is -0.369 e. The molecule has 0 spiro atoms. The maximum Gasteiger partial charge on any atom is 0.220 e. The molecular weight excluding hydrogens is 613 g/mol. The monoisotopic (exact) mass is 705 g/mol. The molecule has 0 saturated carbocycles. The van der Waals surface area contributed by atoms with Gasteiger partial charge in [-0.15, -0.1) is 0 Å². The van der Waals surface area contributed by atoms with Gasteiger partial charge < -0.3 is 11.5 Å². The normalized spacial score (nSPS) is 12.8. The van der Waals surface area contributed by atoms with E-state index in [9.17, 15) is 9.59 Å². The molecule has 4 heteroatoms. The molecule has 0 heterocycles. The minimum atomic E-state index is -0.201. The summed E-state index contributed by atoms with van der Waals surface area (Å²) >= 11 is 0. The topological polar surface area (TPSA) is 86.2 Å². The van der Waals surface area contributed by atoms with Crippen molar-refractivity contribution in [2.75, 3.05) is 0 Å². The average Bonchev–Trinajstić information content (AvgIpc) is 3.10. The summed E-state index contributed by atoms with van der Waals surface area (Å²) in [5.74, 6) is -0.627. The van der Waals surface area contributed by atoms with Crippen molar-refractivity contribution in [1.82, 2.24) is 0 Å². The van der Waals surface area contributed by atoms with E-state index >= 15 is 0 Å². The van der Waals surface area contributed by atoms with Crippen LogP contribution in [0.5, 0.6) is 0 Å². The fourth-order valence-corrected chi connectivity index (χ4v) is 7.84. The van der Waals surface area contributed by atoms with E-state index in [1.165, 1.54) is 218 Å². The number of nitrogens with two attached hydrogens (primary N) is 2. The molecule has 50 heavy (non-hydrogen) atoms. The fourth-order valence-electron chi connectivity index (χ4n) is 7.84. The highest BCUT2D eigenvalue weighted by Gasteiger charge is 2.20. The summed E-state index contributed by atoms with van der Waals surface area (Å²) in [6.07, 6.45) is 52.2. The molecular formula is C46H92N2O2. The molecule has 2 atom stereocenters. The summed E-state index contributed by atoms with van der Waals surface area (Å²) in [5, 5.41) is 0. The Hall–Kier alpha value is -1.06. The predicted octanol–water partition coefficient (Wildman–Crippen LogP) is 14.8. The molecule has 0 aromatic rings. The van der Waals surface area contributed by atoms with Crippen molar-refractivity contribution in [2.45, 2.75) is 271 Å². The smallest absolute Gasteiger partial charge is 0.220 e. The van der Waals surface area contributed by atoms with Crippen molar-refractivity contribution >= 4 is 11.8 Å². The van der Waals surface area contributed by atoms with Crippen LogP contribution in [0.15, 0.2) is 0 Å². The third-order valence-electron chi connectivity index (χ3n) is 11.5. The van der Waals surface area contributed by atoms with E-state index < -0.39 is 0 Å². The van der Waals surface area contributed by atoms with E-state index in [2.05, 4.69) is 13.8 Å². The van der Waals surface area contributed by atoms with Crippen LogP contribution in [0.4, 0.5) is 0 Å². The Morgan fingerprint density at radius 1 is 0.280 bits per heavy atom. The summed E-state index contributed by atoms with van der Waals surface area (Å²) in [5.41, 5.74) is 11.5. The van der Waals surface area contributed by atoms with Crippen molar-refractivity contribution in [2.24, 2.45) is 23.3 Å². The molecule has 0 aliphatic rings. The Kier molecular flexibility index (Phi) is 39.8. The van der Waals surface area contributed by atoms with Crippen LogP contribution in [0.1, 0.15) is 271 Å². The Balaban J connectivity index is 3.67. The second kappa shape index (κ2) is 40.7. The van der Waals surface area contributed by atoms with Crippen LogP contribution in [0.2, 0.25) is 0 Å². The molecule has 0 fully saturated rings. The van der Waals surface area contributed by atoms with Gasteiger partial charge in [-0.3, -0.25) is 9.59 Å². The van der Waals surface area contributed by atoms with Crippen molar-refractivity contribution in [3.63, 3.8) is 0 Å². The SMILES string of the molecule is CCCCCCCCCCCCCCCCCCCCC(CCC(CCCCCCCCCCCCCCCCCCCC)C(N)=O)C(N)=O. The molecule has 2 unspecified atom stereocenters. The van der Waals surface area contributed by atoms with E-state index in [-0.39, 0.29) is 23.7 Å². The van der Waals surface area contributed by atoms with Gasteiger partial charge in [-0.05, 0) is 25.7 Å². The first-order chi connectivity index (χ1) is 24.5. The van der Waals surface area contributed by atoms with Crippen LogP contribution in [0.3, 0.4) is 0 Å². The summed E-state index contributed by atoms with van der Waals surface area (Å²) in [6, 6.07) is 0. The van der Waals surface area contributed by atoms with Gasteiger partial charge in [0.05, 0.1) is 0 Å². The van der Waals surface area contributed by atoms with Gasteiger partial charge in [0.15, 0.2) is 0 Å². The van der Waals surface area contributed by atoms with Crippen LogP contribution in [0, 0.1) is 11.8 Å². The lowest BCUT2D eigenvalue weighted by Crippen LogP contribution is -2.27. The molecule has 4 N–H and O–H groups in total. The Morgan fingerprint density at radius 3 is 0.600 bits per heavy atom. The first-order valence-electron chi connectivity index (χ1n) is 23.1. The lowest BCUT2D eigenvalue weighted by Gasteiger charge is -2.17. The number of amides is 2. The lowest BCUT2D eigenvalue weighted by atomic mass is 9.88. The highest BCUT2D eigenvalue weighted by molar-refractivity contribution is 5.78. The van der Waals surface area contributed by atoms with Gasteiger partial charge in [0.2, 0.25) is 11.8 Å². The van der Waals surface area contributed by atoms with Crippen molar-refractivity contribution in [3.8, 4) is 0 Å². The number of unbranched alkanes of at least 4 members (excludes halogenated alkanes) is 34. The van der Waals surface area contributed by atoms with Gasteiger partial charge in [0.1, 0.15) is 0 Å². The predicted molar refractivity (Wildman–Crippen MR) is 221 cm³/mol. The first kappa shape index (κ1) is 48.9. The Labute approximate surface area is 314 Å². The Bertz CT molecular complexity index is 638. The molecule has 0 aliphatic carbocycles. The molecule has 298 valence electrons. The molecule has 0 aromatic carbocycles. The highest BCUT2D eigenvalue weighted by Crippen LogP contribution is 2.24. The summed E-state index contributed by atoms with van der Waals surface area (Å²) in [4.78, 5) is 24.3. The Morgan fingerprint density at radius 2 is 0.440 bits per heavy atom. The number of carbonyl (C=O) groups excluding carboxylic acids is 2. The van der Waals surface area contributed by atoms with Crippen LogP contribution < -0.4 is 11.5 Å². The lowest BCUT2D eigenvalue weighted by molar-refractivity contribution is -0.124. The maximum absolute atomic E-state index is 12.1. The van der Waals surface area contributed by atoms with Crippen LogP contribution in [-0.4, -0.2) is 11.8 Å². The second-order valence-corrected chi connectivity index (χ2v) is 16.4. The number of hydrogen-bond acceptors (Lipinski definition) is 2. The minimum absolute atomic E-state index is 0.113. The van der Waals surface area contributed by atoms with E-state index in [1.807, 2.05) is 0 Å². The van der Waals surface area contributed by atoms with Crippen LogP contribution >= 0.6 is 0 Å². The molecule has 0 rings (SSSR count). The van der Waals surface area contributed by atoms with Crippen LogP contribution in [0.25, 0.3) is 0 Å². The number of carbonyl (C=O) groups is 2. The number of primary amides is 2. The van der Waals surface area contributed by atoms with Crippen molar-refractivity contribution < 1.29 is 9.59 Å². The average molecular weight is 705 g/mol. The zero-order valence-electron chi connectivity index (χ0n) is 34.4. The third-order valence-corrected chi connectivity index (χ3v) is 11.5. The standard InChI is InChI=1S/C46H92N2O2/c1-3-5-7-9-11-13-15-17-19-21-23-25-27-29-31-33-35-37-39-43(45(47)49)41-42-44(46(48)50)40-38-36-34-32-30-28-26-24-22-20-18-16-14-12-10-8-6-4-2/h43-44H,3-42H2,1-2H3,(H2,47,49)(H2,48,50). The zero-order valence-corrected chi connectivity index (χ0v) is 34.4. The second-order valence-electron chi connectivity index (χ2n) is 16.4. The highest BCUT2D eigenvalue weighted by atomic mass is 16.1. The maximum atomic E-state index is 12.1. The molecule has 0 saturated heterocycles. The van der Waals surface area contributed by atoms with E-state index in [4.69, 9.17) is 11.5 Å². The summed E-state index contributed by atoms with van der Waals surface area (Å²) in [7, 11) is 0. The van der Waals surface area contributed by atoms with Gasteiger partial charge >= 0.3 is 0 Å². The van der Waals surface area contributed by atoms with Gasteiger partial charge in [0, 0.05) is 11.8 Å². The molecule has 0 aromatic heterocycles. The number of hydrogen-bond donors (Lipinski definition) is 2. The van der Waals surface area contributed by atoms with Crippen LogP contribution in [-0.2, 0) is 9.59 Å². The van der Waals surface area contributed by atoms with Gasteiger partial charge in [-0.2, -0.15) is 0 Å². The number of rotatable bonds is 43. The van der Waals surface area contributed by atoms with Crippen molar-refractivity contribution in [1.29, 1.82) is 0 Å². The van der Waals surface area contributed by atoms with Crippen molar-refractivity contribution in [3.05, 3.63) is 0 Å². The quantitative estimate of drug-likeness (QED) is 0.0619. The van der Waals surface area contributed by atoms with E-state index in [0.29, 0.717) is 12.8 Å². The van der Waals surface area contributed by atoms with E-state index in [0.717, 1.165) is 25.7 Å². The third kappa shape index (κ3) is 36.7. The van der Waals surface area contributed by atoms with Gasteiger partial charge in [-0.25, -0.2) is 0 Å². The largest absolute Gasteiger partial charge is 0.369 e. The molecule has 4 nitrogen and oxygen atoms in total. The van der Waals surface area contributed by atoms with Gasteiger partial charge in [-0.1, -0.05) is 245 Å². The summed E-state index contributed by atoms with van der Waals surface area (Å²) in [6.45, 7) is 4.58. The molecule has 0 radical (unpaired) electrons.